The Bertz CT molecular complexity index is 713. The number of nitriles is 1. The van der Waals surface area contributed by atoms with Gasteiger partial charge in [-0.1, -0.05) is 0 Å². The molecule has 0 radical (unpaired) electrons. The van der Waals surface area contributed by atoms with Gasteiger partial charge in [0.1, 0.15) is 35.9 Å². The third kappa shape index (κ3) is 4.37. The minimum absolute atomic E-state index is 0.0266. The quantitative estimate of drug-likeness (QED) is 0.846. The van der Waals surface area contributed by atoms with E-state index in [-0.39, 0.29) is 19.0 Å². The highest BCUT2D eigenvalue weighted by molar-refractivity contribution is 5.55. The lowest BCUT2D eigenvalue weighted by molar-refractivity contribution is 0.117. The van der Waals surface area contributed by atoms with E-state index in [9.17, 15) is 14.8 Å². The Labute approximate surface area is 133 Å². The molecule has 7 heteroatoms. The van der Waals surface area contributed by atoms with Crippen molar-refractivity contribution < 1.29 is 14.2 Å². The molecule has 23 heavy (non-hydrogen) atoms. The van der Waals surface area contributed by atoms with Crippen molar-refractivity contribution in [1.29, 1.82) is 5.26 Å². The van der Waals surface area contributed by atoms with Gasteiger partial charge in [-0.3, -0.25) is 0 Å². The molecule has 0 fully saturated rings. The molecule has 0 saturated carbocycles. The molecule has 0 spiro atoms. The van der Waals surface area contributed by atoms with Gasteiger partial charge in [-0.2, -0.15) is 10.4 Å². The van der Waals surface area contributed by atoms with Crippen molar-refractivity contribution in [3.8, 4) is 11.8 Å². The van der Waals surface area contributed by atoms with Crippen LogP contribution in [0.4, 0.5) is 10.2 Å². The number of nitrogens with zero attached hydrogens (tertiary/aromatic N) is 3. The molecule has 1 heterocycles. The van der Waals surface area contributed by atoms with Crippen molar-refractivity contribution in [3.63, 3.8) is 0 Å². The summed E-state index contributed by atoms with van der Waals surface area (Å²) < 4.78 is 18.1. The van der Waals surface area contributed by atoms with Crippen LogP contribution in [0.3, 0.4) is 0 Å². The van der Waals surface area contributed by atoms with Crippen LogP contribution in [0.5, 0.6) is 5.75 Å². The largest absolute Gasteiger partial charge is 0.491 e. The van der Waals surface area contributed by atoms with Gasteiger partial charge in [-0.25, -0.2) is 4.39 Å². The predicted molar refractivity (Wildman–Crippen MR) is 82.6 cm³/mol. The molecule has 6 nitrogen and oxygen atoms in total. The van der Waals surface area contributed by atoms with E-state index in [1.54, 1.807) is 13.8 Å². The summed E-state index contributed by atoms with van der Waals surface area (Å²) in [6, 6.07) is 7.61. The summed E-state index contributed by atoms with van der Waals surface area (Å²) in [5.41, 5.74) is 1.85. The second-order valence-corrected chi connectivity index (χ2v) is 5.05. The molecule has 2 aromatic rings. The molecule has 2 rings (SSSR count). The Balaban J connectivity index is 1.90. The first-order chi connectivity index (χ1) is 11.0. The molecule has 0 unspecified atom stereocenters. The fourth-order valence-corrected chi connectivity index (χ4v) is 1.87. The van der Waals surface area contributed by atoms with Crippen molar-refractivity contribution in [2.75, 3.05) is 18.5 Å². The molecule has 1 aromatic heterocycles. The maximum absolute atomic E-state index is 12.8. The van der Waals surface area contributed by atoms with Gasteiger partial charge in [0.2, 0.25) is 0 Å². The number of halogens is 1. The van der Waals surface area contributed by atoms with Crippen LogP contribution in [0.15, 0.2) is 24.3 Å². The number of benzene rings is 1. The van der Waals surface area contributed by atoms with Gasteiger partial charge in [-0.05, 0) is 43.7 Å². The topological polar surface area (TPSA) is 91.1 Å². The van der Waals surface area contributed by atoms with E-state index in [0.29, 0.717) is 22.8 Å². The first kappa shape index (κ1) is 16.6. The van der Waals surface area contributed by atoms with Gasteiger partial charge in [0.05, 0.1) is 5.69 Å². The highest BCUT2D eigenvalue weighted by Crippen LogP contribution is 2.17. The number of aromatic nitrogens is 2. The fraction of sp³-hybridized carbons (Fsp3) is 0.312. The van der Waals surface area contributed by atoms with E-state index in [2.05, 4.69) is 21.6 Å². The number of aryl methyl sites for hydroxylation is 1. The van der Waals surface area contributed by atoms with Crippen LogP contribution in [0.1, 0.15) is 16.8 Å². The number of rotatable bonds is 6. The Hall–Kier alpha value is -2.72. The van der Waals surface area contributed by atoms with Crippen LogP contribution in [-0.4, -0.2) is 34.6 Å². The summed E-state index contributed by atoms with van der Waals surface area (Å²) in [7, 11) is 0. The molecular formula is C16H17FN4O2. The SMILES string of the molecule is Cc1nnc(NC[C@@H](O)COc2ccc(F)cc2)c(C#N)c1C. The lowest BCUT2D eigenvalue weighted by Gasteiger charge is -2.14. The molecule has 2 N–H and O–H groups in total. The van der Waals surface area contributed by atoms with Crippen LogP contribution in [0.2, 0.25) is 0 Å². The number of aliphatic hydroxyl groups is 1. The summed E-state index contributed by atoms with van der Waals surface area (Å²) in [6.45, 7) is 3.74. The summed E-state index contributed by atoms with van der Waals surface area (Å²) in [6.07, 6.45) is -0.824. The van der Waals surface area contributed by atoms with E-state index >= 15 is 0 Å². The second kappa shape index (κ2) is 7.51. The number of nitrogens with one attached hydrogen (secondary N) is 1. The summed E-state index contributed by atoms with van der Waals surface area (Å²) >= 11 is 0. The third-order valence-corrected chi connectivity index (χ3v) is 3.33. The van der Waals surface area contributed by atoms with E-state index in [4.69, 9.17) is 4.74 Å². The number of aliphatic hydroxyl groups excluding tert-OH is 1. The summed E-state index contributed by atoms with van der Waals surface area (Å²) in [4.78, 5) is 0. The highest BCUT2D eigenvalue weighted by atomic mass is 19.1. The molecule has 1 aromatic carbocycles. The first-order valence-electron chi connectivity index (χ1n) is 7.05. The summed E-state index contributed by atoms with van der Waals surface area (Å²) in [5, 5.41) is 29.9. The summed E-state index contributed by atoms with van der Waals surface area (Å²) in [5.74, 6) is 0.447. The first-order valence-corrected chi connectivity index (χ1v) is 7.05. The zero-order valence-corrected chi connectivity index (χ0v) is 12.9. The van der Waals surface area contributed by atoms with Gasteiger partial charge in [-0.15, -0.1) is 5.10 Å². The van der Waals surface area contributed by atoms with E-state index in [0.717, 1.165) is 5.56 Å². The lowest BCUT2D eigenvalue weighted by Crippen LogP contribution is -2.27. The van der Waals surface area contributed by atoms with Crippen LogP contribution in [-0.2, 0) is 0 Å². The Morgan fingerprint density at radius 1 is 1.30 bits per heavy atom. The van der Waals surface area contributed by atoms with Crippen LogP contribution < -0.4 is 10.1 Å². The van der Waals surface area contributed by atoms with Crippen molar-refractivity contribution in [2.24, 2.45) is 0 Å². The lowest BCUT2D eigenvalue weighted by atomic mass is 10.1. The normalized spacial score (nSPS) is 11.6. The minimum atomic E-state index is -0.824. The van der Waals surface area contributed by atoms with Crippen molar-refractivity contribution >= 4 is 5.82 Å². The standard InChI is InChI=1S/C16H17FN4O2/c1-10-11(2)20-21-16(15(10)7-18)19-8-13(22)9-23-14-5-3-12(17)4-6-14/h3-6,13,22H,8-9H2,1-2H3,(H,19,21)/t13-/m1/s1. The molecule has 1 atom stereocenters. The van der Waals surface area contributed by atoms with E-state index in [1.165, 1.54) is 24.3 Å². The van der Waals surface area contributed by atoms with Gasteiger partial charge < -0.3 is 15.2 Å². The highest BCUT2D eigenvalue weighted by Gasteiger charge is 2.12. The smallest absolute Gasteiger partial charge is 0.167 e. The monoisotopic (exact) mass is 316 g/mol. The third-order valence-electron chi connectivity index (χ3n) is 3.33. The van der Waals surface area contributed by atoms with Crippen LogP contribution >= 0.6 is 0 Å². The van der Waals surface area contributed by atoms with Gasteiger partial charge >= 0.3 is 0 Å². The van der Waals surface area contributed by atoms with Crippen molar-refractivity contribution in [2.45, 2.75) is 20.0 Å². The Morgan fingerprint density at radius 2 is 2.00 bits per heavy atom. The van der Waals surface area contributed by atoms with Crippen molar-refractivity contribution in [3.05, 3.63) is 46.9 Å². The van der Waals surface area contributed by atoms with E-state index in [1.807, 2.05) is 0 Å². The van der Waals surface area contributed by atoms with Crippen molar-refractivity contribution in [1.82, 2.24) is 10.2 Å². The molecule has 0 aliphatic rings. The van der Waals surface area contributed by atoms with Crippen LogP contribution in [0.25, 0.3) is 0 Å². The zero-order chi connectivity index (χ0) is 16.8. The van der Waals surface area contributed by atoms with Gasteiger partial charge in [0, 0.05) is 6.54 Å². The van der Waals surface area contributed by atoms with E-state index < -0.39 is 6.10 Å². The number of anilines is 1. The molecular weight excluding hydrogens is 299 g/mol. The molecule has 120 valence electrons. The average molecular weight is 316 g/mol. The fourth-order valence-electron chi connectivity index (χ4n) is 1.87. The maximum atomic E-state index is 12.8. The average Bonchev–Trinajstić information content (AvgIpc) is 2.55. The van der Waals surface area contributed by atoms with Gasteiger partial charge in [0.25, 0.3) is 0 Å². The molecule has 0 saturated heterocycles. The molecule has 0 amide bonds. The molecule has 0 aliphatic carbocycles. The van der Waals surface area contributed by atoms with Gasteiger partial charge in [0.15, 0.2) is 5.82 Å². The predicted octanol–water partition coefficient (Wildman–Crippen LogP) is 1.96. The maximum Gasteiger partial charge on any atom is 0.167 e. The second-order valence-electron chi connectivity index (χ2n) is 5.05. The minimum Gasteiger partial charge on any atom is -0.491 e. The molecule has 0 bridgehead atoms. The molecule has 0 aliphatic heterocycles. The number of hydrogen-bond donors (Lipinski definition) is 2. The Morgan fingerprint density at radius 3 is 2.65 bits per heavy atom. The van der Waals surface area contributed by atoms with Crippen LogP contribution in [0, 0.1) is 31.0 Å². The number of ether oxygens (including phenoxy) is 1. The Kier molecular flexibility index (Phi) is 5.44. The zero-order valence-electron chi connectivity index (χ0n) is 12.9. The number of hydrogen-bond acceptors (Lipinski definition) is 6.